The Bertz CT molecular complexity index is 1090. The lowest BCUT2D eigenvalue weighted by molar-refractivity contribution is -0.116. The third-order valence-electron chi connectivity index (χ3n) is 4.46. The van der Waals surface area contributed by atoms with E-state index in [1.54, 1.807) is 31.4 Å². The number of allylic oxidation sites excluding steroid dienone is 1. The predicted molar refractivity (Wildman–Crippen MR) is 113 cm³/mol. The smallest absolute Gasteiger partial charge is 0.251 e. The molecule has 0 aliphatic heterocycles. The minimum absolute atomic E-state index is 0.188. The molecule has 1 aromatic heterocycles. The average Bonchev–Trinajstić information content (AvgIpc) is 2.68. The predicted octanol–water partition coefficient (Wildman–Crippen LogP) is 3.95. The van der Waals surface area contributed by atoms with E-state index in [4.69, 9.17) is 16.3 Å². The second-order valence-corrected chi connectivity index (χ2v) is 6.84. The van der Waals surface area contributed by atoms with Crippen LogP contribution in [0.1, 0.15) is 18.1 Å². The van der Waals surface area contributed by atoms with E-state index in [1.165, 1.54) is 0 Å². The van der Waals surface area contributed by atoms with Crippen molar-refractivity contribution in [2.24, 2.45) is 0 Å². The summed E-state index contributed by atoms with van der Waals surface area (Å²) in [5.74, 6) is 0.356. The maximum absolute atomic E-state index is 12.3. The van der Waals surface area contributed by atoms with Crippen LogP contribution in [0.4, 0.5) is 0 Å². The zero-order valence-corrected chi connectivity index (χ0v) is 16.5. The third kappa shape index (κ3) is 4.61. The number of hydrogen-bond acceptors (Lipinski definition) is 3. The first-order chi connectivity index (χ1) is 13.5. The van der Waals surface area contributed by atoms with Crippen molar-refractivity contribution in [2.75, 3.05) is 13.7 Å². The van der Waals surface area contributed by atoms with Gasteiger partial charge in [-0.1, -0.05) is 41.9 Å². The van der Waals surface area contributed by atoms with Gasteiger partial charge in [-0.25, -0.2) is 0 Å². The summed E-state index contributed by atoms with van der Waals surface area (Å²) in [7, 11) is 1.54. The van der Waals surface area contributed by atoms with Gasteiger partial charge in [0.05, 0.1) is 17.6 Å². The molecule has 0 atom stereocenters. The largest absolute Gasteiger partial charge is 0.495 e. The van der Waals surface area contributed by atoms with Crippen molar-refractivity contribution in [3.8, 4) is 5.75 Å². The summed E-state index contributed by atoms with van der Waals surface area (Å²) in [5, 5.41) is 4.08. The van der Waals surface area contributed by atoms with E-state index in [0.717, 1.165) is 16.5 Å². The summed E-state index contributed by atoms with van der Waals surface area (Å²) in [6.45, 7) is 2.25. The van der Waals surface area contributed by atoms with Gasteiger partial charge in [0.15, 0.2) is 0 Å². The Morgan fingerprint density at radius 3 is 2.68 bits per heavy atom. The standard InChI is InChI=1S/C22H21ClN2O3/c1-14(15-6-4-3-5-7-15)10-21(26)24-9-8-16-11-17-12-20(28-2)18(23)13-19(17)25-22(16)27/h3-7,10-13H,8-9H2,1-2H3,(H,24,26)(H,25,27)/b14-10+. The number of aromatic amines is 1. The number of benzene rings is 2. The number of rotatable bonds is 6. The topological polar surface area (TPSA) is 71.2 Å². The number of amides is 1. The molecule has 5 nitrogen and oxygen atoms in total. The number of ether oxygens (including phenoxy) is 1. The third-order valence-corrected chi connectivity index (χ3v) is 4.76. The molecule has 0 saturated carbocycles. The van der Waals surface area contributed by atoms with E-state index in [9.17, 15) is 9.59 Å². The maximum Gasteiger partial charge on any atom is 0.251 e. The van der Waals surface area contributed by atoms with E-state index >= 15 is 0 Å². The van der Waals surface area contributed by atoms with Gasteiger partial charge in [0.2, 0.25) is 5.91 Å². The van der Waals surface area contributed by atoms with E-state index in [-0.39, 0.29) is 11.5 Å². The van der Waals surface area contributed by atoms with Gasteiger partial charge in [-0.3, -0.25) is 9.59 Å². The van der Waals surface area contributed by atoms with Crippen LogP contribution in [0.3, 0.4) is 0 Å². The van der Waals surface area contributed by atoms with Crippen molar-refractivity contribution >= 4 is 34.0 Å². The number of halogens is 1. The lowest BCUT2D eigenvalue weighted by Crippen LogP contribution is -2.26. The van der Waals surface area contributed by atoms with Crippen molar-refractivity contribution < 1.29 is 9.53 Å². The number of fused-ring (bicyclic) bond motifs is 1. The number of nitrogens with one attached hydrogen (secondary N) is 2. The van der Waals surface area contributed by atoms with Crippen molar-refractivity contribution in [3.63, 3.8) is 0 Å². The summed E-state index contributed by atoms with van der Waals surface area (Å²) in [4.78, 5) is 27.2. The van der Waals surface area contributed by atoms with E-state index < -0.39 is 0 Å². The van der Waals surface area contributed by atoms with Gasteiger partial charge in [0, 0.05) is 23.6 Å². The van der Waals surface area contributed by atoms with Gasteiger partial charge in [-0.2, -0.15) is 0 Å². The monoisotopic (exact) mass is 396 g/mol. The Kier molecular flexibility index (Phi) is 6.16. The summed E-state index contributed by atoms with van der Waals surface area (Å²) >= 11 is 6.10. The minimum Gasteiger partial charge on any atom is -0.495 e. The molecular formula is C22H21ClN2O3. The second kappa shape index (κ2) is 8.76. The maximum atomic E-state index is 12.3. The van der Waals surface area contributed by atoms with Gasteiger partial charge in [-0.15, -0.1) is 0 Å². The first-order valence-corrected chi connectivity index (χ1v) is 9.26. The average molecular weight is 397 g/mol. The molecule has 3 rings (SSSR count). The minimum atomic E-state index is -0.195. The Labute approximate surface area is 168 Å². The molecule has 3 aromatic rings. The molecule has 0 aliphatic rings. The summed E-state index contributed by atoms with van der Waals surface area (Å²) in [5.41, 5.74) is 2.91. The zero-order chi connectivity index (χ0) is 20.1. The van der Waals surface area contributed by atoms with Crippen LogP contribution in [0, 0.1) is 0 Å². The van der Waals surface area contributed by atoms with Crippen molar-refractivity contribution in [1.29, 1.82) is 0 Å². The lowest BCUT2D eigenvalue weighted by atomic mass is 10.1. The van der Waals surface area contributed by atoms with Crippen LogP contribution in [0.2, 0.25) is 5.02 Å². The Hall–Kier alpha value is -3.05. The van der Waals surface area contributed by atoms with Crippen LogP contribution in [-0.4, -0.2) is 24.5 Å². The van der Waals surface area contributed by atoms with Crippen LogP contribution in [0.25, 0.3) is 16.5 Å². The SMILES string of the molecule is COc1cc2cc(CCNC(=O)/C=C(\C)c3ccccc3)c(=O)[nH]c2cc1Cl. The lowest BCUT2D eigenvalue weighted by Gasteiger charge is -2.08. The molecule has 0 bridgehead atoms. The molecule has 0 fully saturated rings. The molecule has 2 aromatic carbocycles. The number of pyridine rings is 1. The first-order valence-electron chi connectivity index (χ1n) is 8.89. The Balaban J connectivity index is 1.68. The van der Waals surface area contributed by atoms with Gasteiger partial charge < -0.3 is 15.0 Å². The Morgan fingerprint density at radius 2 is 1.96 bits per heavy atom. The quantitative estimate of drug-likeness (QED) is 0.620. The van der Waals surface area contributed by atoms with Crippen molar-refractivity contribution in [3.05, 3.63) is 81.1 Å². The van der Waals surface area contributed by atoms with Gasteiger partial charge >= 0.3 is 0 Å². The number of H-pyrrole nitrogens is 1. The van der Waals surface area contributed by atoms with E-state index in [1.807, 2.05) is 37.3 Å². The second-order valence-electron chi connectivity index (χ2n) is 6.43. The van der Waals surface area contributed by atoms with Crippen LogP contribution >= 0.6 is 11.6 Å². The molecule has 1 amide bonds. The van der Waals surface area contributed by atoms with Crippen molar-refractivity contribution in [1.82, 2.24) is 10.3 Å². The molecule has 2 N–H and O–H groups in total. The highest BCUT2D eigenvalue weighted by atomic mass is 35.5. The highest BCUT2D eigenvalue weighted by molar-refractivity contribution is 6.32. The van der Waals surface area contributed by atoms with Crippen LogP contribution < -0.4 is 15.6 Å². The highest BCUT2D eigenvalue weighted by Crippen LogP contribution is 2.28. The van der Waals surface area contributed by atoms with Gasteiger partial charge in [0.25, 0.3) is 5.56 Å². The highest BCUT2D eigenvalue weighted by Gasteiger charge is 2.08. The Morgan fingerprint density at radius 1 is 1.21 bits per heavy atom. The molecule has 0 saturated heterocycles. The van der Waals surface area contributed by atoms with E-state index in [0.29, 0.717) is 34.8 Å². The van der Waals surface area contributed by atoms with Gasteiger partial charge in [0.1, 0.15) is 5.75 Å². The molecule has 0 radical (unpaired) electrons. The molecule has 0 spiro atoms. The number of aromatic nitrogens is 1. The number of carbonyl (C=O) groups excluding carboxylic acids is 1. The van der Waals surface area contributed by atoms with Gasteiger partial charge in [-0.05, 0) is 42.7 Å². The molecule has 0 aliphatic carbocycles. The molecule has 28 heavy (non-hydrogen) atoms. The summed E-state index contributed by atoms with van der Waals surface area (Å²) in [6, 6.07) is 14.9. The molecule has 6 heteroatoms. The normalized spacial score (nSPS) is 11.5. The number of methoxy groups -OCH3 is 1. The van der Waals surface area contributed by atoms with Crippen LogP contribution in [-0.2, 0) is 11.2 Å². The van der Waals surface area contributed by atoms with E-state index in [2.05, 4.69) is 10.3 Å². The fraction of sp³-hybridized carbons (Fsp3) is 0.182. The fourth-order valence-electron chi connectivity index (χ4n) is 2.95. The zero-order valence-electron chi connectivity index (χ0n) is 15.7. The molecular weight excluding hydrogens is 376 g/mol. The fourth-order valence-corrected chi connectivity index (χ4v) is 3.19. The van der Waals surface area contributed by atoms with Crippen molar-refractivity contribution in [2.45, 2.75) is 13.3 Å². The number of hydrogen-bond donors (Lipinski definition) is 2. The van der Waals surface area contributed by atoms with Crippen LogP contribution in [0.15, 0.2) is 59.4 Å². The molecule has 0 unspecified atom stereocenters. The first kappa shape index (κ1) is 19.7. The molecule has 1 heterocycles. The summed E-state index contributed by atoms with van der Waals surface area (Å²) in [6.07, 6.45) is 1.98. The summed E-state index contributed by atoms with van der Waals surface area (Å²) < 4.78 is 5.22. The van der Waals surface area contributed by atoms with Crippen LogP contribution in [0.5, 0.6) is 5.75 Å². The molecule has 144 valence electrons. The number of carbonyl (C=O) groups is 1.